The number of aliphatic hydroxyl groups is 1. The van der Waals surface area contributed by atoms with Gasteiger partial charge in [0.05, 0.1) is 12.1 Å². The number of carbonyl (C=O) groups excluding carboxylic acids is 1. The number of hydrogen-bond acceptors (Lipinski definition) is 3. The molecule has 1 aliphatic rings. The third kappa shape index (κ3) is 4.04. The fraction of sp³-hybridized carbons (Fsp3) is 0.533. The van der Waals surface area contributed by atoms with Gasteiger partial charge in [-0.2, -0.15) is 0 Å². The van der Waals surface area contributed by atoms with Gasteiger partial charge in [-0.05, 0) is 44.9 Å². The molecule has 1 aliphatic heterocycles. The summed E-state index contributed by atoms with van der Waals surface area (Å²) in [5.41, 5.74) is 1.25. The first-order chi connectivity index (χ1) is 8.96. The number of anilines is 1. The third-order valence-corrected chi connectivity index (χ3v) is 3.54. The number of nitrogens with one attached hydrogen (secondary N) is 1. The van der Waals surface area contributed by atoms with E-state index in [1.807, 2.05) is 43.0 Å². The lowest BCUT2D eigenvalue weighted by molar-refractivity contribution is -0.118. The Hall–Kier alpha value is -1.39. The molecule has 19 heavy (non-hydrogen) atoms. The van der Waals surface area contributed by atoms with E-state index < -0.39 is 5.60 Å². The molecule has 1 fully saturated rings. The van der Waals surface area contributed by atoms with Gasteiger partial charge in [0.2, 0.25) is 5.91 Å². The van der Waals surface area contributed by atoms with Gasteiger partial charge in [-0.1, -0.05) is 18.2 Å². The van der Waals surface area contributed by atoms with Gasteiger partial charge in [0.15, 0.2) is 0 Å². The maximum absolute atomic E-state index is 12.0. The number of rotatable bonds is 3. The van der Waals surface area contributed by atoms with E-state index in [9.17, 15) is 9.90 Å². The van der Waals surface area contributed by atoms with Crippen LogP contribution >= 0.6 is 0 Å². The molecule has 0 aromatic heterocycles. The molecule has 0 aliphatic carbocycles. The standard InChI is InChI=1S/C15H22N2O2/c1-12-6-3-4-7-13(12)16-14(18)10-17-9-5-8-15(2,19)11-17/h3-4,6-7,19H,5,8-11H2,1-2H3,(H,16,18). The minimum Gasteiger partial charge on any atom is -0.389 e. The molecule has 104 valence electrons. The topological polar surface area (TPSA) is 52.6 Å². The van der Waals surface area contributed by atoms with Gasteiger partial charge in [0, 0.05) is 12.2 Å². The highest BCUT2D eigenvalue weighted by Gasteiger charge is 2.29. The summed E-state index contributed by atoms with van der Waals surface area (Å²) in [6.07, 6.45) is 1.74. The van der Waals surface area contributed by atoms with Gasteiger partial charge in [0.1, 0.15) is 0 Å². The van der Waals surface area contributed by atoms with Crippen LogP contribution in [0.3, 0.4) is 0 Å². The van der Waals surface area contributed by atoms with Crippen molar-refractivity contribution in [2.75, 3.05) is 25.0 Å². The quantitative estimate of drug-likeness (QED) is 0.873. The molecule has 1 heterocycles. The lowest BCUT2D eigenvalue weighted by Gasteiger charge is -2.36. The van der Waals surface area contributed by atoms with Gasteiger partial charge in [-0.15, -0.1) is 0 Å². The minimum atomic E-state index is -0.665. The van der Waals surface area contributed by atoms with Crippen LogP contribution in [-0.2, 0) is 4.79 Å². The first kappa shape index (κ1) is 14.0. The van der Waals surface area contributed by atoms with Crippen LogP contribution in [0.2, 0.25) is 0 Å². The van der Waals surface area contributed by atoms with Crippen molar-refractivity contribution in [3.63, 3.8) is 0 Å². The highest BCUT2D eigenvalue weighted by atomic mass is 16.3. The zero-order valence-corrected chi connectivity index (χ0v) is 11.6. The molecule has 1 aromatic carbocycles. The number of carbonyl (C=O) groups is 1. The predicted molar refractivity (Wildman–Crippen MR) is 76.1 cm³/mol. The van der Waals surface area contributed by atoms with Crippen LogP contribution in [0.25, 0.3) is 0 Å². The summed E-state index contributed by atoms with van der Waals surface area (Å²) in [4.78, 5) is 14.0. The van der Waals surface area contributed by atoms with E-state index in [2.05, 4.69) is 5.32 Å². The smallest absolute Gasteiger partial charge is 0.238 e. The maximum atomic E-state index is 12.0. The summed E-state index contributed by atoms with van der Waals surface area (Å²) in [5.74, 6) is -0.0213. The highest BCUT2D eigenvalue weighted by molar-refractivity contribution is 5.92. The van der Waals surface area contributed by atoms with Crippen molar-refractivity contribution in [1.29, 1.82) is 0 Å². The summed E-state index contributed by atoms with van der Waals surface area (Å²) in [6.45, 7) is 5.58. The molecule has 0 saturated carbocycles. The molecule has 2 rings (SSSR count). The van der Waals surface area contributed by atoms with Crippen LogP contribution in [0, 0.1) is 6.92 Å². The number of para-hydroxylation sites is 1. The lowest BCUT2D eigenvalue weighted by Crippen LogP contribution is -2.48. The van der Waals surface area contributed by atoms with Crippen LogP contribution in [0.4, 0.5) is 5.69 Å². The number of hydrogen-bond donors (Lipinski definition) is 2. The summed E-state index contributed by atoms with van der Waals surface area (Å²) < 4.78 is 0. The molecule has 0 radical (unpaired) electrons. The summed E-state index contributed by atoms with van der Waals surface area (Å²) >= 11 is 0. The third-order valence-electron chi connectivity index (χ3n) is 3.54. The van der Waals surface area contributed by atoms with E-state index in [1.165, 1.54) is 0 Å². The van der Waals surface area contributed by atoms with E-state index in [0.717, 1.165) is 30.6 Å². The molecule has 0 bridgehead atoms. The number of benzene rings is 1. The van der Waals surface area contributed by atoms with Crippen molar-refractivity contribution in [1.82, 2.24) is 4.90 Å². The van der Waals surface area contributed by atoms with E-state index >= 15 is 0 Å². The van der Waals surface area contributed by atoms with Crippen LogP contribution in [0.15, 0.2) is 24.3 Å². The molecule has 1 amide bonds. The van der Waals surface area contributed by atoms with Gasteiger partial charge < -0.3 is 10.4 Å². The van der Waals surface area contributed by atoms with Crippen LogP contribution in [-0.4, -0.2) is 41.1 Å². The molecular weight excluding hydrogens is 240 g/mol. The SMILES string of the molecule is Cc1ccccc1NC(=O)CN1CCCC(C)(O)C1. The zero-order valence-electron chi connectivity index (χ0n) is 11.6. The second kappa shape index (κ2) is 5.72. The van der Waals surface area contributed by atoms with E-state index in [-0.39, 0.29) is 5.91 Å². The summed E-state index contributed by atoms with van der Waals surface area (Å²) in [6, 6.07) is 7.74. The van der Waals surface area contributed by atoms with Gasteiger partial charge in [-0.3, -0.25) is 9.69 Å². The van der Waals surface area contributed by atoms with Crippen molar-refractivity contribution in [2.24, 2.45) is 0 Å². The van der Waals surface area contributed by atoms with E-state index in [0.29, 0.717) is 13.1 Å². The normalized spacial score (nSPS) is 24.2. The van der Waals surface area contributed by atoms with Crippen molar-refractivity contribution in [3.05, 3.63) is 29.8 Å². The fourth-order valence-corrected chi connectivity index (χ4v) is 2.56. The molecule has 4 heteroatoms. The average molecular weight is 262 g/mol. The zero-order chi connectivity index (χ0) is 13.9. The Morgan fingerprint density at radius 1 is 1.47 bits per heavy atom. The van der Waals surface area contributed by atoms with Crippen LogP contribution < -0.4 is 5.32 Å². The second-order valence-electron chi connectivity index (χ2n) is 5.67. The fourth-order valence-electron chi connectivity index (χ4n) is 2.56. The van der Waals surface area contributed by atoms with Crippen molar-refractivity contribution < 1.29 is 9.90 Å². The molecule has 1 atom stereocenters. The molecule has 2 N–H and O–H groups in total. The Bertz CT molecular complexity index is 457. The number of likely N-dealkylation sites (tertiary alicyclic amines) is 1. The first-order valence-electron chi connectivity index (χ1n) is 6.76. The molecule has 1 saturated heterocycles. The number of amides is 1. The summed E-state index contributed by atoms with van der Waals surface area (Å²) in [7, 11) is 0. The van der Waals surface area contributed by atoms with E-state index in [1.54, 1.807) is 0 Å². The average Bonchev–Trinajstić information content (AvgIpc) is 2.30. The molecular formula is C15H22N2O2. The monoisotopic (exact) mass is 262 g/mol. The van der Waals surface area contributed by atoms with Gasteiger partial charge in [0.25, 0.3) is 0 Å². The van der Waals surface area contributed by atoms with Crippen molar-refractivity contribution in [3.8, 4) is 0 Å². The Balaban J connectivity index is 1.90. The Kier molecular flexibility index (Phi) is 4.22. The highest BCUT2D eigenvalue weighted by Crippen LogP contribution is 2.20. The molecule has 4 nitrogen and oxygen atoms in total. The number of β-amino-alcohol motifs (C(OH)–C–C–N with tert-alkyl or cyclic N) is 1. The largest absolute Gasteiger partial charge is 0.389 e. The van der Waals surface area contributed by atoms with Crippen molar-refractivity contribution in [2.45, 2.75) is 32.3 Å². The number of piperidine rings is 1. The van der Waals surface area contributed by atoms with Crippen LogP contribution in [0.1, 0.15) is 25.3 Å². The van der Waals surface area contributed by atoms with Gasteiger partial charge >= 0.3 is 0 Å². The van der Waals surface area contributed by atoms with Crippen LogP contribution in [0.5, 0.6) is 0 Å². The minimum absolute atomic E-state index is 0.0213. The predicted octanol–water partition coefficient (Wildman–Crippen LogP) is 1.78. The molecule has 1 unspecified atom stereocenters. The van der Waals surface area contributed by atoms with Gasteiger partial charge in [-0.25, -0.2) is 0 Å². The number of aryl methyl sites for hydroxylation is 1. The van der Waals surface area contributed by atoms with E-state index in [4.69, 9.17) is 0 Å². The Morgan fingerprint density at radius 2 is 2.21 bits per heavy atom. The Morgan fingerprint density at radius 3 is 2.89 bits per heavy atom. The molecule has 0 spiro atoms. The maximum Gasteiger partial charge on any atom is 0.238 e. The lowest BCUT2D eigenvalue weighted by atomic mass is 9.95. The molecule has 1 aromatic rings. The Labute approximate surface area is 114 Å². The second-order valence-corrected chi connectivity index (χ2v) is 5.67. The number of nitrogens with zero attached hydrogens (tertiary/aromatic N) is 1. The summed E-state index contributed by atoms with van der Waals surface area (Å²) in [5, 5.41) is 12.9. The van der Waals surface area contributed by atoms with Crippen molar-refractivity contribution >= 4 is 11.6 Å². The first-order valence-corrected chi connectivity index (χ1v) is 6.76.